The van der Waals surface area contributed by atoms with Gasteiger partial charge in [-0.25, -0.2) is 4.98 Å². The summed E-state index contributed by atoms with van der Waals surface area (Å²) < 4.78 is 0. The first kappa shape index (κ1) is 22.1. The Hall–Kier alpha value is -0.900. The molecule has 25 heavy (non-hydrogen) atoms. The van der Waals surface area contributed by atoms with Crippen LogP contribution in [-0.4, -0.2) is 43.5 Å². The summed E-state index contributed by atoms with van der Waals surface area (Å²) in [4.78, 5) is 12.0. The van der Waals surface area contributed by atoms with Crippen molar-refractivity contribution in [2.45, 2.75) is 19.5 Å². The summed E-state index contributed by atoms with van der Waals surface area (Å²) in [5.74, 6) is 0.767. The molecule has 1 unspecified atom stereocenters. The lowest BCUT2D eigenvalue weighted by molar-refractivity contribution is 0.298. The summed E-state index contributed by atoms with van der Waals surface area (Å²) in [7, 11) is 5.90. The van der Waals surface area contributed by atoms with Crippen molar-refractivity contribution in [3.05, 3.63) is 50.9 Å². The Balaban J connectivity index is 0.00000312. The number of nitrogens with one attached hydrogen (secondary N) is 2. The molecule has 0 bridgehead atoms. The molecule has 138 valence electrons. The number of thiazole rings is 1. The highest BCUT2D eigenvalue weighted by Gasteiger charge is 2.14. The molecule has 2 rings (SSSR count). The smallest absolute Gasteiger partial charge is 0.191 e. The van der Waals surface area contributed by atoms with Crippen LogP contribution in [0.25, 0.3) is 0 Å². The van der Waals surface area contributed by atoms with Crippen LogP contribution < -0.4 is 10.6 Å². The van der Waals surface area contributed by atoms with Gasteiger partial charge in [-0.1, -0.05) is 23.7 Å². The Labute approximate surface area is 175 Å². The second kappa shape index (κ2) is 10.9. The highest BCUT2D eigenvalue weighted by Crippen LogP contribution is 2.19. The molecule has 0 aliphatic carbocycles. The first-order valence-corrected chi connectivity index (χ1v) is 8.96. The number of benzene rings is 1. The van der Waals surface area contributed by atoms with Gasteiger partial charge in [-0.3, -0.25) is 4.99 Å². The van der Waals surface area contributed by atoms with Gasteiger partial charge < -0.3 is 15.5 Å². The van der Waals surface area contributed by atoms with Gasteiger partial charge in [0.15, 0.2) is 5.96 Å². The molecule has 0 radical (unpaired) electrons. The zero-order valence-corrected chi connectivity index (χ0v) is 18.8. The molecular weight excluding hydrogens is 469 g/mol. The summed E-state index contributed by atoms with van der Waals surface area (Å²) in [6.07, 6.45) is 1.89. The fourth-order valence-electron chi connectivity index (χ4n) is 2.34. The molecule has 0 aliphatic heterocycles. The van der Waals surface area contributed by atoms with E-state index in [9.17, 15) is 0 Å². The Morgan fingerprint density at radius 3 is 2.48 bits per heavy atom. The molecule has 2 aromatic rings. The van der Waals surface area contributed by atoms with Crippen molar-refractivity contribution >= 4 is 52.9 Å². The molecule has 0 amide bonds. The van der Waals surface area contributed by atoms with Gasteiger partial charge in [-0.05, 0) is 38.7 Å². The molecule has 1 aromatic heterocycles. The number of hydrogen-bond acceptors (Lipinski definition) is 4. The van der Waals surface area contributed by atoms with Gasteiger partial charge in [0.2, 0.25) is 0 Å². The molecule has 8 heteroatoms. The molecule has 0 spiro atoms. The van der Waals surface area contributed by atoms with E-state index in [0.717, 1.165) is 22.5 Å². The van der Waals surface area contributed by atoms with E-state index in [1.807, 2.05) is 18.3 Å². The number of likely N-dealkylation sites (N-methyl/N-ethyl adjacent to an activating group) is 1. The molecule has 1 atom stereocenters. The highest BCUT2D eigenvalue weighted by molar-refractivity contribution is 14.0. The van der Waals surface area contributed by atoms with Crippen LogP contribution in [0.2, 0.25) is 5.02 Å². The average Bonchev–Trinajstić information content (AvgIpc) is 2.97. The lowest BCUT2D eigenvalue weighted by Gasteiger charge is -2.26. The van der Waals surface area contributed by atoms with Gasteiger partial charge in [0.05, 0.1) is 12.6 Å². The van der Waals surface area contributed by atoms with Crippen LogP contribution in [0.15, 0.2) is 35.5 Å². The fourth-order valence-corrected chi connectivity index (χ4v) is 3.19. The molecule has 1 aromatic carbocycles. The van der Waals surface area contributed by atoms with Gasteiger partial charge in [0, 0.05) is 29.7 Å². The zero-order chi connectivity index (χ0) is 17.5. The zero-order valence-electron chi connectivity index (χ0n) is 14.9. The van der Waals surface area contributed by atoms with E-state index < -0.39 is 0 Å². The van der Waals surface area contributed by atoms with Crippen LogP contribution >= 0.6 is 46.9 Å². The van der Waals surface area contributed by atoms with E-state index in [0.29, 0.717) is 6.54 Å². The predicted molar refractivity (Wildman–Crippen MR) is 118 cm³/mol. The number of halogens is 2. The summed E-state index contributed by atoms with van der Waals surface area (Å²) in [5.41, 5.74) is 1.21. The Kier molecular flexibility index (Phi) is 9.70. The van der Waals surface area contributed by atoms with Gasteiger partial charge in [0.25, 0.3) is 0 Å². The number of rotatable bonds is 6. The van der Waals surface area contributed by atoms with E-state index in [2.05, 4.69) is 58.7 Å². The van der Waals surface area contributed by atoms with Gasteiger partial charge in [0.1, 0.15) is 5.01 Å². The molecule has 1 heterocycles. The van der Waals surface area contributed by atoms with Crippen molar-refractivity contribution in [2.75, 3.05) is 27.7 Å². The number of aryl methyl sites for hydroxylation is 1. The first-order valence-electron chi connectivity index (χ1n) is 7.77. The van der Waals surface area contributed by atoms with Crippen molar-refractivity contribution in [3.8, 4) is 0 Å². The topological polar surface area (TPSA) is 52.6 Å². The molecule has 0 fully saturated rings. The van der Waals surface area contributed by atoms with E-state index in [1.54, 1.807) is 18.4 Å². The molecule has 2 N–H and O–H groups in total. The summed E-state index contributed by atoms with van der Waals surface area (Å²) in [5, 5.41) is 8.49. The number of hydrogen-bond donors (Lipinski definition) is 2. The second-order valence-electron chi connectivity index (χ2n) is 5.70. The Bertz CT molecular complexity index is 672. The third-order valence-corrected chi connectivity index (χ3v) is 4.81. The Morgan fingerprint density at radius 1 is 1.28 bits per heavy atom. The van der Waals surface area contributed by atoms with Gasteiger partial charge in [-0.2, -0.15) is 0 Å². The minimum Gasteiger partial charge on any atom is -0.354 e. The Morgan fingerprint density at radius 2 is 1.96 bits per heavy atom. The first-order chi connectivity index (χ1) is 11.5. The quantitative estimate of drug-likeness (QED) is 0.366. The minimum atomic E-state index is 0. The van der Waals surface area contributed by atoms with Crippen molar-refractivity contribution in [1.82, 2.24) is 20.5 Å². The third kappa shape index (κ3) is 7.08. The number of aliphatic imine (C=N–C) groups is 1. The SMILES string of the molecule is CN=C(NCc1ncc(C)s1)NCC(c1ccc(Cl)cc1)N(C)C.I. The van der Waals surface area contributed by atoms with E-state index in [-0.39, 0.29) is 30.0 Å². The molecule has 5 nitrogen and oxygen atoms in total. The molecule has 0 saturated carbocycles. The highest BCUT2D eigenvalue weighted by atomic mass is 127. The van der Waals surface area contributed by atoms with Crippen molar-refractivity contribution in [1.29, 1.82) is 0 Å². The molecule has 0 aliphatic rings. The maximum Gasteiger partial charge on any atom is 0.191 e. The van der Waals surface area contributed by atoms with E-state index >= 15 is 0 Å². The average molecular weight is 494 g/mol. The van der Waals surface area contributed by atoms with Crippen LogP contribution in [0, 0.1) is 6.92 Å². The van der Waals surface area contributed by atoms with Crippen molar-refractivity contribution in [3.63, 3.8) is 0 Å². The van der Waals surface area contributed by atoms with Crippen LogP contribution in [0.5, 0.6) is 0 Å². The maximum atomic E-state index is 5.98. The van der Waals surface area contributed by atoms with Crippen LogP contribution in [0.4, 0.5) is 0 Å². The molecule has 0 saturated heterocycles. The predicted octanol–water partition coefficient (Wildman–Crippen LogP) is 3.69. The summed E-state index contributed by atoms with van der Waals surface area (Å²) in [6, 6.07) is 8.19. The van der Waals surface area contributed by atoms with E-state index in [1.165, 1.54) is 10.4 Å². The normalized spacial score (nSPS) is 12.6. The van der Waals surface area contributed by atoms with Crippen LogP contribution in [-0.2, 0) is 6.54 Å². The lowest BCUT2D eigenvalue weighted by Crippen LogP contribution is -2.41. The number of aromatic nitrogens is 1. The fraction of sp³-hybridized carbons (Fsp3) is 0.412. The summed E-state index contributed by atoms with van der Waals surface area (Å²) in [6.45, 7) is 3.47. The monoisotopic (exact) mass is 493 g/mol. The minimum absolute atomic E-state index is 0. The lowest BCUT2D eigenvalue weighted by atomic mass is 10.1. The molecular formula is C17H25ClIN5S. The van der Waals surface area contributed by atoms with Gasteiger partial charge in [-0.15, -0.1) is 35.3 Å². The summed E-state index contributed by atoms with van der Waals surface area (Å²) >= 11 is 7.67. The number of nitrogens with zero attached hydrogens (tertiary/aromatic N) is 3. The number of guanidine groups is 1. The second-order valence-corrected chi connectivity index (χ2v) is 7.46. The van der Waals surface area contributed by atoms with Gasteiger partial charge >= 0.3 is 0 Å². The van der Waals surface area contributed by atoms with Crippen LogP contribution in [0.1, 0.15) is 21.5 Å². The third-order valence-electron chi connectivity index (χ3n) is 3.64. The maximum absolute atomic E-state index is 5.98. The van der Waals surface area contributed by atoms with Crippen molar-refractivity contribution < 1.29 is 0 Å². The largest absolute Gasteiger partial charge is 0.354 e. The van der Waals surface area contributed by atoms with Crippen LogP contribution in [0.3, 0.4) is 0 Å². The van der Waals surface area contributed by atoms with Crippen molar-refractivity contribution in [2.24, 2.45) is 4.99 Å². The standard InChI is InChI=1S/C17H24ClN5S.HI/c1-12-9-20-16(24-12)11-22-17(19-2)21-10-15(23(3)4)13-5-7-14(18)8-6-13;/h5-9,15H,10-11H2,1-4H3,(H2,19,21,22);1H. The van der Waals surface area contributed by atoms with E-state index in [4.69, 9.17) is 11.6 Å².